The topological polar surface area (TPSA) is 87.6 Å². The number of nitrogens with zero attached hydrogens (tertiary/aromatic N) is 2. The predicted octanol–water partition coefficient (Wildman–Crippen LogP) is 5.74. The summed E-state index contributed by atoms with van der Waals surface area (Å²) in [5, 5.41) is 9.61. The molecule has 0 saturated heterocycles. The van der Waals surface area contributed by atoms with E-state index in [-0.39, 0.29) is 16.1 Å². The lowest BCUT2D eigenvalue weighted by atomic mass is 9.82. The van der Waals surface area contributed by atoms with Crippen LogP contribution in [0.1, 0.15) is 59.8 Å². The number of aromatic nitrogens is 1. The number of thiazole rings is 1. The van der Waals surface area contributed by atoms with E-state index in [1.54, 1.807) is 4.90 Å². The Morgan fingerprint density at radius 1 is 1.23 bits per heavy atom. The van der Waals surface area contributed by atoms with Gasteiger partial charge in [0.15, 0.2) is 0 Å². The van der Waals surface area contributed by atoms with Crippen LogP contribution in [0.4, 0.5) is 4.79 Å². The van der Waals surface area contributed by atoms with Crippen molar-refractivity contribution in [3.63, 3.8) is 0 Å². The van der Waals surface area contributed by atoms with Crippen molar-refractivity contribution >= 4 is 37.5 Å². The molecule has 6 nitrogen and oxygen atoms in total. The highest BCUT2D eigenvalue weighted by Crippen LogP contribution is 2.33. The number of carbonyl (C=O) groups is 1. The lowest BCUT2D eigenvalue weighted by Gasteiger charge is -2.42. The van der Waals surface area contributed by atoms with Crippen LogP contribution in [0.25, 0.3) is 10.2 Å². The third-order valence-corrected chi connectivity index (χ3v) is 9.17. The van der Waals surface area contributed by atoms with Gasteiger partial charge in [-0.3, -0.25) is 0 Å². The summed E-state index contributed by atoms with van der Waals surface area (Å²) in [4.78, 5) is 17.6. The molecule has 1 aromatic carbocycles. The van der Waals surface area contributed by atoms with E-state index in [1.807, 2.05) is 58.0 Å². The highest BCUT2D eigenvalue weighted by atomic mass is 32.2. The Morgan fingerprint density at radius 3 is 2.45 bits per heavy atom. The van der Waals surface area contributed by atoms with Crippen LogP contribution in [0.15, 0.2) is 40.3 Å². The average molecular weight is 465 g/mol. The molecule has 0 atom stereocenters. The minimum absolute atomic E-state index is 0.0149. The maximum absolute atomic E-state index is 12.8. The van der Waals surface area contributed by atoms with Crippen LogP contribution >= 0.6 is 11.3 Å². The second kappa shape index (κ2) is 9.28. The van der Waals surface area contributed by atoms with Crippen molar-refractivity contribution in [1.82, 2.24) is 9.88 Å². The molecule has 0 radical (unpaired) electrons. The van der Waals surface area contributed by atoms with Crippen LogP contribution in [0.3, 0.4) is 0 Å². The van der Waals surface area contributed by atoms with Crippen molar-refractivity contribution in [1.29, 1.82) is 0 Å². The highest BCUT2D eigenvalue weighted by molar-refractivity contribution is 7.93. The first-order chi connectivity index (χ1) is 14.5. The molecule has 31 heavy (non-hydrogen) atoms. The summed E-state index contributed by atoms with van der Waals surface area (Å²) in [6.07, 6.45) is 5.63. The van der Waals surface area contributed by atoms with Crippen LogP contribution in [-0.4, -0.2) is 46.8 Å². The summed E-state index contributed by atoms with van der Waals surface area (Å²) in [5.41, 5.74) is 1.15. The number of carboxylic acid groups (broad SMARTS) is 1. The van der Waals surface area contributed by atoms with Crippen molar-refractivity contribution in [2.24, 2.45) is 5.92 Å². The molecule has 3 rings (SSSR count). The van der Waals surface area contributed by atoms with Crippen molar-refractivity contribution < 1.29 is 18.3 Å². The summed E-state index contributed by atoms with van der Waals surface area (Å²) in [5.74, 6) is 0.450. The standard InChI is InChI=1S/C23H32N2O4S2/c1-16(15-31(28,29)21-24-19-7-5-6-8-20(19)30-21)9-10-17-11-13-18(14-12-17)25(22(26)27)23(2,3)4/h5-9,17-18H,10-15H2,1-4H3,(H,26,27)/b16-9+. The van der Waals surface area contributed by atoms with Gasteiger partial charge < -0.3 is 10.0 Å². The molecular weight excluding hydrogens is 432 g/mol. The molecule has 1 aromatic heterocycles. The van der Waals surface area contributed by atoms with Gasteiger partial charge in [0.1, 0.15) is 0 Å². The molecule has 1 N–H and O–H groups in total. The second-order valence-corrected chi connectivity index (χ2v) is 12.7. The Bertz CT molecular complexity index is 1030. The van der Waals surface area contributed by atoms with E-state index in [4.69, 9.17) is 0 Å². The van der Waals surface area contributed by atoms with Crippen molar-refractivity contribution in [3.05, 3.63) is 35.9 Å². The molecule has 1 aliphatic rings. The molecule has 2 aromatic rings. The highest BCUT2D eigenvalue weighted by Gasteiger charge is 2.35. The molecule has 8 heteroatoms. The Kier molecular flexibility index (Phi) is 7.11. The monoisotopic (exact) mass is 464 g/mol. The molecule has 0 unspecified atom stereocenters. The van der Waals surface area contributed by atoms with E-state index in [0.717, 1.165) is 47.9 Å². The van der Waals surface area contributed by atoms with Crippen molar-refractivity contribution in [2.75, 3.05) is 5.75 Å². The summed E-state index contributed by atoms with van der Waals surface area (Å²) in [6, 6.07) is 7.51. The lowest BCUT2D eigenvalue weighted by Crippen LogP contribution is -2.52. The molecule has 1 amide bonds. The largest absolute Gasteiger partial charge is 0.465 e. The van der Waals surface area contributed by atoms with Crippen LogP contribution in [0.5, 0.6) is 0 Å². The number of allylic oxidation sites excluding steroid dienone is 1. The van der Waals surface area contributed by atoms with Gasteiger partial charge in [-0.1, -0.05) is 23.8 Å². The first-order valence-electron chi connectivity index (χ1n) is 10.7. The van der Waals surface area contributed by atoms with E-state index < -0.39 is 21.5 Å². The first-order valence-corrected chi connectivity index (χ1v) is 13.2. The minimum Gasteiger partial charge on any atom is -0.465 e. The summed E-state index contributed by atoms with van der Waals surface area (Å²) >= 11 is 1.22. The second-order valence-electron chi connectivity index (χ2n) is 9.49. The van der Waals surface area contributed by atoms with Gasteiger partial charge in [0.2, 0.25) is 14.2 Å². The number of rotatable bonds is 6. The zero-order valence-electron chi connectivity index (χ0n) is 18.7. The molecule has 1 aliphatic carbocycles. The fourth-order valence-corrected chi connectivity index (χ4v) is 7.13. The Morgan fingerprint density at radius 2 is 1.87 bits per heavy atom. The van der Waals surface area contributed by atoms with Crippen LogP contribution in [-0.2, 0) is 9.84 Å². The van der Waals surface area contributed by atoms with Gasteiger partial charge in [0.25, 0.3) is 0 Å². The molecule has 0 aliphatic heterocycles. The normalized spacial score (nSPS) is 20.7. The molecule has 0 spiro atoms. The number of sulfone groups is 1. The number of hydrogen-bond acceptors (Lipinski definition) is 5. The van der Waals surface area contributed by atoms with E-state index in [2.05, 4.69) is 4.98 Å². The summed E-state index contributed by atoms with van der Waals surface area (Å²) in [7, 11) is -3.45. The number of hydrogen-bond donors (Lipinski definition) is 1. The first kappa shape index (κ1) is 23.7. The van der Waals surface area contributed by atoms with Gasteiger partial charge in [-0.2, -0.15) is 0 Å². The van der Waals surface area contributed by atoms with Gasteiger partial charge in [0, 0.05) is 11.6 Å². The lowest BCUT2D eigenvalue weighted by molar-refractivity contribution is 0.0506. The van der Waals surface area contributed by atoms with Crippen LogP contribution in [0.2, 0.25) is 0 Å². The summed E-state index contributed by atoms with van der Waals surface area (Å²) in [6.45, 7) is 7.67. The SMILES string of the molecule is C/C(=C\CC1CCC(N(C(=O)O)C(C)(C)C)CC1)CS(=O)(=O)c1nc2ccccc2s1. The molecule has 0 bridgehead atoms. The molecule has 170 valence electrons. The smallest absolute Gasteiger partial charge is 0.407 e. The fourth-order valence-electron chi connectivity index (χ4n) is 4.40. The third-order valence-electron chi connectivity index (χ3n) is 5.87. The molecular formula is C23H32N2O4S2. The van der Waals surface area contributed by atoms with E-state index in [0.29, 0.717) is 5.92 Å². The van der Waals surface area contributed by atoms with Gasteiger partial charge in [-0.25, -0.2) is 18.2 Å². The zero-order valence-corrected chi connectivity index (χ0v) is 20.3. The van der Waals surface area contributed by atoms with E-state index in [1.165, 1.54) is 11.3 Å². The van der Waals surface area contributed by atoms with E-state index in [9.17, 15) is 18.3 Å². The maximum Gasteiger partial charge on any atom is 0.407 e. The number of para-hydroxylation sites is 1. The van der Waals surface area contributed by atoms with Gasteiger partial charge in [-0.15, -0.1) is 11.3 Å². The minimum atomic E-state index is -3.45. The molecule has 1 heterocycles. The summed E-state index contributed by atoms with van der Waals surface area (Å²) < 4.78 is 26.6. The number of amides is 1. The third kappa shape index (κ3) is 5.86. The van der Waals surface area contributed by atoms with Crippen molar-refractivity contribution in [3.8, 4) is 0 Å². The van der Waals surface area contributed by atoms with Crippen LogP contribution < -0.4 is 0 Å². The molecule has 1 saturated carbocycles. The predicted molar refractivity (Wildman–Crippen MR) is 125 cm³/mol. The van der Waals surface area contributed by atoms with Gasteiger partial charge >= 0.3 is 6.09 Å². The average Bonchev–Trinajstić information content (AvgIpc) is 3.11. The Balaban J connectivity index is 1.57. The fraction of sp³-hybridized carbons (Fsp3) is 0.565. The number of benzene rings is 1. The van der Waals surface area contributed by atoms with E-state index >= 15 is 0 Å². The molecule has 1 fully saturated rings. The Labute approximate surface area is 188 Å². The number of fused-ring (bicyclic) bond motifs is 1. The van der Waals surface area contributed by atoms with Crippen LogP contribution in [0, 0.1) is 5.92 Å². The quantitative estimate of drug-likeness (QED) is 0.551. The van der Waals surface area contributed by atoms with Gasteiger partial charge in [0.05, 0.1) is 16.0 Å². The maximum atomic E-state index is 12.8. The van der Waals surface area contributed by atoms with Crippen molar-refractivity contribution in [2.45, 2.75) is 75.7 Å². The Hall–Kier alpha value is -1.93. The van der Waals surface area contributed by atoms with Gasteiger partial charge in [-0.05, 0) is 77.8 Å². The zero-order chi connectivity index (χ0) is 22.8.